The maximum absolute atomic E-state index is 11.2. The van der Waals surface area contributed by atoms with Gasteiger partial charge >= 0.3 is 0 Å². The van der Waals surface area contributed by atoms with Crippen LogP contribution in [-0.4, -0.2) is 16.6 Å². The molecule has 0 aromatic heterocycles. The smallest absolute Gasteiger partial charge is 0.137 e. The lowest BCUT2D eigenvalue weighted by atomic mass is 9.98. The van der Waals surface area contributed by atoms with Crippen LogP contribution < -0.4 is 5.11 Å². The van der Waals surface area contributed by atoms with Gasteiger partial charge in [0, 0.05) is 29.1 Å². The molecular weight excluding hydrogens is 224 g/mol. The summed E-state index contributed by atoms with van der Waals surface area (Å²) >= 11 is 3.39. The second-order valence-electron chi connectivity index (χ2n) is 3.54. The molecular formula is C8H8BrO3-. The van der Waals surface area contributed by atoms with E-state index in [-0.39, 0.29) is 22.4 Å². The second kappa shape index (κ2) is 2.55. The van der Waals surface area contributed by atoms with E-state index in [4.69, 9.17) is 0 Å². The van der Waals surface area contributed by atoms with Crippen molar-refractivity contribution in [1.29, 1.82) is 0 Å². The first-order valence-electron chi connectivity index (χ1n) is 3.99. The van der Waals surface area contributed by atoms with Crippen LogP contribution in [0.4, 0.5) is 0 Å². The van der Waals surface area contributed by atoms with Crippen molar-refractivity contribution in [3.05, 3.63) is 0 Å². The SMILES string of the molecule is O=C([O-])[C@@H]1[C@@H]2CC(=O)[C@H]1C[C@H]2Br. The fraction of sp³-hybridized carbons (Fsp3) is 0.750. The number of hydrogen-bond acceptors (Lipinski definition) is 3. The highest BCUT2D eigenvalue weighted by atomic mass is 79.9. The number of carbonyl (C=O) groups excluding carboxylic acids is 2. The second-order valence-corrected chi connectivity index (χ2v) is 4.71. The van der Waals surface area contributed by atoms with Crippen molar-refractivity contribution in [2.45, 2.75) is 17.7 Å². The zero-order chi connectivity index (χ0) is 8.88. The third kappa shape index (κ3) is 0.937. The van der Waals surface area contributed by atoms with Gasteiger partial charge in [-0.2, -0.15) is 0 Å². The number of alkyl halides is 1. The standard InChI is InChI=1S/C8H9BrO3/c9-5-1-4-6(10)2-3(5)7(4)8(11)12/h3-5,7H,1-2H2,(H,11,12)/p-1/t3-,4-,5-,7-/m1/s1. The lowest BCUT2D eigenvalue weighted by molar-refractivity contribution is -0.313. The Morgan fingerprint density at radius 3 is 2.58 bits per heavy atom. The van der Waals surface area contributed by atoms with Crippen molar-refractivity contribution in [3.63, 3.8) is 0 Å². The molecule has 3 nitrogen and oxygen atoms in total. The van der Waals surface area contributed by atoms with Crippen LogP contribution in [0.5, 0.6) is 0 Å². The lowest BCUT2D eigenvalue weighted by Gasteiger charge is -2.16. The van der Waals surface area contributed by atoms with Gasteiger partial charge in [0.05, 0.1) is 0 Å². The van der Waals surface area contributed by atoms with E-state index in [9.17, 15) is 14.7 Å². The molecule has 0 unspecified atom stereocenters. The van der Waals surface area contributed by atoms with E-state index in [0.29, 0.717) is 12.8 Å². The number of carboxylic acids is 1. The molecule has 0 aromatic carbocycles. The third-order valence-electron chi connectivity index (χ3n) is 2.96. The molecule has 0 radical (unpaired) electrons. The van der Waals surface area contributed by atoms with Gasteiger partial charge in [0.1, 0.15) is 5.78 Å². The van der Waals surface area contributed by atoms with E-state index in [0.717, 1.165) is 0 Å². The zero-order valence-electron chi connectivity index (χ0n) is 6.33. The summed E-state index contributed by atoms with van der Waals surface area (Å²) in [5, 5.41) is 10.7. The van der Waals surface area contributed by atoms with E-state index in [1.54, 1.807) is 0 Å². The molecule has 66 valence electrons. The molecule has 2 bridgehead atoms. The van der Waals surface area contributed by atoms with Crippen molar-refractivity contribution >= 4 is 27.7 Å². The molecule has 0 N–H and O–H groups in total. The van der Waals surface area contributed by atoms with Crippen LogP contribution in [0.15, 0.2) is 0 Å². The number of rotatable bonds is 1. The van der Waals surface area contributed by atoms with Gasteiger partial charge in [0.2, 0.25) is 0 Å². The Morgan fingerprint density at radius 2 is 2.25 bits per heavy atom. The summed E-state index contributed by atoms with van der Waals surface area (Å²) in [7, 11) is 0. The van der Waals surface area contributed by atoms with Crippen LogP contribution in [0.2, 0.25) is 0 Å². The zero-order valence-corrected chi connectivity index (χ0v) is 7.91. The predicted molar refractivity (Wildman–Crippen MR) is 42.4 cm³/mol. The van der Waals surface area contributed by atoms with E-state index in [1.165, 1.54) is 0 Å². The van der Waals surface area contributed by atoms with Gasteiger partial charge in [-0.3, -0.25) is 4.79 Å². The molecule has 12 heavy (non-hydrogen) atoms. The number of ketones is 1. The van der Waals surface area contributed by atoms with Crippen LogP contribution in [0.1, 0.15) is 12.8 Å². The van der Waals surface area contributed by atoms with E-state index in [1.807, 2.05) is 0 Å². The summed E-state index contributed by atoms with van der Waals surface area (Å²) in [6.07, 6.45) is 1.08. The highest BCUT2D eigenvalue weighted by Gasteiger charge is 2.52. The minimum absolute atomic E-state index is 0.0208. The Labute approximate surface area is 78.3 Å². The minimum atomic E-state index is -1.06. The van der Waals surface area contributed by atoms with Crippen LogP contribution in [0.3, 0.4) is 0 Å². The van der Waals surface area contributed by atoms with Gasteiger partial charge in [-0.15, -0.1) is 0 Å². The fourth-order valence-corrected chi connectivity index (χ4v) is 3.32. The molecule has 2 fully saturated rings. The minimum Gasteiger partial charge on any atom is -0.550 e. The van der Waals surface area contributed by atoms with Crippen molar-refractivity contribution in [2.75, 3.05) is 0 Å². The van der Waals surface area contributed by atoms with Gasteiger partial charge in [0.25, 0.3) is 0 Å². The monoisotopic (exact) mass is 231 g/mol. The third-order valence-corrected chi connectivity index (χ3v) is 4.01. The van der Waals surface area contributed by atoms with Crippen LogP contribution in [0.25, 0.3) is 0 Å². The average molecular weight is 232 g/mol. The Morgan fingerprint density at radius 1 is 1.58 bits per heavy atom. The number of halogens is 1. The normalized spacial score (nSPS) is 45.2. The molecule has 0 aliphatic heterocycles. The van der Waals surface area contributed by atoms with Crippen LogP contribution >= 0.6 is 15.9 Å². The summed E-state index contributed by atoms with van der Waals surface area (Å²) in [6, 6.07) is 0. The number of aliphatic carboxylic acids is 1. The predicted octanol–water partition coefficient (Wildman–Crippen LogP) is -0.275. The molecule has 2 aliphatic rings. The Kier molecular flexibility index (Phi) is 1.75. The van der Waals surface area contributed by atoms with Gasteiger partial charge in [-0.25, -0.2) is 0 Å². The molecule has 2 aliphatic carbocycles. The first kappa shape index (κ1) is 8.23. The number of carboxylic acid groups (broad SMARTS) is 1. The maximum atomic E-state index is 11.2. The molecule has 4 atom stereocenters. The summed E-state index contributed by atoms with van der Waals surface area (Å²) in [6.45, 7) is 0. The molecule has 0 heterocycles. The summed E-state index contributed by atoms with van der Waals surface area (Å²) in [4.78, 5) is 22.1. The maximum Gasteiger partial charge on any atom is 0.137 e. The summed E-state index contributed by atoms with van der Waals surface area (Å²) < 4.78 is 0. The highest BCUT2D eigenvalue weighted by Crippen LogP contribution is 2.49. The fourth-order valence-electron chi connectivity index (χ4n) is 2.40. The van der Waals surface area contributed by atoms with Crippen molar-refractivity contribution < 1.29 is 14.7 Å². The van der Waals surface area contributed by atoms with Crippen molar-refractivity contribution in [1.82, 2.24) is 0 Å². The molecule has 0 spiro atoms. The first-order chi connectivity index (χ1) is 5.61. The Balaban J connectivity index is 2.28. The molecule has 0 saturated heterocycles. The van der Waals surface area contributed by atoms with Gasteiger partial charge in [0.15, 0.2) is 0 Å². The number of Topliss-reactive ketones (excluding diaryl/α,β-unsaturated/α-hetero) is 1. The number of carbonyl (C=O) groups is 2. The summed E-state index contributed by atoms with van der Waals surface area (Å²) in [5.41, 5.74) is 0. The highest BCUT2D eigenvalue weighted by molar-refractivity contribution is 9.09. The van der Waals surface area contributed by atoms with Gasteiger partial charge in [-0.1, -0.05) is 15.9 Å². The average Bonchev–Trinajstić information content (AvgIpc) is 2.41. The van der Waals surface area contributed by atoms with Crippen LogP contribution in [0, 0.1) is 17.8 Å². The molecule has 4 heteroatoms. The molecule has 2 rings (SSSR count). The largest absolute Gasteiger partial charge is 0.550 e. The quantitative estimate of drug-likeness (QED) is 0.584. The molecule has 0 amide bonds. The first-order valence-corrected chi connectivity index (χ1v) is 4.90. The van der Waals surface area contributed by atoms with Gasteiger partial charge in [-0.05, 0) is 12.3 Å². The topological polar surface area (TPSA) is 57.2 Å². The number of hydrogen-bond donors (Lipinski definition) is 0. The Bertz CT molecular complexity index is 251. The Hall–Kier alpha value is -0.380. The number of fused-ring (bicyclic) bond motifs is 2. The van der Waals surface area contributed by atoms with Gasteiger partial charge < -0.3 is 9.90 Å². The summed E-state index contributed by atoms with van der Waals surface area (Å²) in [5.74, 6) is -1.78. The lowest BCUT2D eigenvalue weighted by Crippen LogP contribution is -2.34. The van der Waals surface area contributed by atoms with Crippen LogP contribution in [-0.2, 0) is 9.59 Å². The van der Waals surface area contributed by atoms with E-state index in [2.05, 4.69) is 15.9 Å². The van der Waals surface area contributed by atoms with Crippen molar-refractivity contribution in [3.8, 4) is 0 Å². The van der Waals surface area contributed by atoms with Crippen molar-refractivity contribution in [2.24, 2.45) is 17.8 Å². The van der Waals surface area contributed by atoms with E-state index >= 15 is 0 Å². The van der Waals surface area contributed by atoms with E-state index < -0.39 is 11.9 Å². The molecule has 2 saturated carbocycles. The molecule has 0 aromatic rings.